The first-order chi connectivity index (χ1) is 8.43. The van der Waals surface area contributed by atoms with E-state index in [1.807, 2.05) is 24.5 Å². The monoisotopic (exact) mass is 224 g/mol. The summed E-state index contributed by atoms with van der Waals surface area (Å²) in [6.45, 7) is 0.730. The average Bonchev–Trinajstić information content (AvgIpc) is 2.89. The molecule has 2 heterocycles. The van der Waals surface area contributed by atoms with Crippen molar-refractivity contribution < 1.29 is 0 Å². The molecule has 1 aromatic carbocycles. The molecular formula is C13H12N4. The molecule has 0 unspecified atom stereocenters. The predicted octanol–water partition coefficient (Wildman–Crippen LogP) is 2.57. The van der Waals surface area contributed by atoms with Crippen LogP contribution in [0.25, 0.3) is 10.8 Å². The van der Waals surface area contributed by atoms with Gasteiger partial charge in [-0.1, -0.05) is 12.1 Å². The third-order valence-corrected chi connectivity index (χ3v) is 2.71. The minimum atomic E-state index is 0.730. The summed E-state index contributed by atoms with van der Waals surface area (Å²) in [6.07, 6.45) is 7.18. The first-order valence-corrected chi connectivity index (χ1v) is 5.47. The lowest BCUT2D eigenvalue weighted by Crippen LogP contribution is -2.00. The number of benzene rings is 1. The van der Waals surface area contributed by atoms with Crippen molar-refractivity contribution in [2.24, 2.45) is 0 Å². The summed E-state index contributed by atoms with van der Waals surface area (Å²) in [4.78, 5) is 11.2. The Bertz CT molecular complexity index is 611. The highest BCUT2D eigenvalue weighted by molar-refractivity contribution is 5.92. The van der Waals surface area contributed by atoms with Crippen LogP contribution in [0.1, 0.15) is 5.69 Å². The zero-order valence-electron chi connectivity index (χ0n) is 9.22. The standard InChI is InChI=1S/C13H12N4/c1-2-10-4-5-14-8-12(10)13(3-1)16-7-11-6-15-9-17-11/h1-6,8-9,16H,7H2,(H,15,17). The fraction of sp³-hybridized carbons (Fsp3) is 0.0769. The Kier molecular flexibility index (Phi) is 2.46. The highest BCUT2D eigenvalue weighted by Gasteiger charge is 2.00. The van der Waals surface area contributed by atoms with E-state index in [9.17, 15) is 0 Å². The van der Waals surface area contributed by atoms with E-state index in [0.717, 1.165) is 23.3 Å². The topological polar surface area (TPSA) is 53.6 Å². The summed E-state index contributed by atoms with van der Waals surface area (Å²) < 4.78 is 0. The molecule has 17 heavy (non-hydrogen) atoms. The van der Waals surface area contributed by atoms with Crippen LogP contribution in [0.5, 0.6) is 0 Å². The molecule has 4 heteroatoms. The zero-order valence-corrected chi connectivity index (χ0v) is 9.22. The molecule has 0 atom stereocenters. The van der Waals surface area contributed by atoms with Crippen LogP contribution >= 0.6 is 0 Å². The van der Waals surface area contributed by atoms with Gasteiger partial charge in [-0.15, -0.1) is 0 Å². The van der Waals surface area contributed by atoms with Crippen molar-refractivity contribution in [3.05, 3.63) is 54.9 Å². The molecule has 3 aromatic rings. The Morgan fingerprint density at radius 1 is 1.12 bits per heavy atom. The molecule has 3 rings (SSSR count). The lowest BCUT2D eigenvalue weighted by Gasteiger charge is -2.08. The summed E-state index contributed by atoms with van der Waals surface area (Å²) in [5.74, 6) is 0. The van der Waals surface area contributed by atoms with Gasteiger partial charge in [0.15, 0.2) is 0 Å². The summed E-state index contributed by atoms with van der Waals surface area (Å²) in [5.41, 5.74) is 2.15. The molecule has 0 aliphatic rings. The van der Waals surface area contributed by atoms with Crippen LogP contribution in [0.4, 0.5) is 5.69 Å². The molecule has 0 fully saturated rings. The van der Waals surface area contributed by atoms with Gasteiger partial charge in [0.1, 0.15) is 0 Å². The third-order valence-electron chi connectivity index (χ3n) is 2.71. The zero-order chi connectivity index (χ0) is 11.5. The average molecular weight is 224 g/mol. The predicted molar refractivity (Wildman–Crippen MR) is 67.7 cm³/mol. The number of aromatic nitrogens is 3. The number of rotatable bonds is 3. The van der Waals surface area contributed by atoms with Crippen LogP contribution < -0.4 is 5.32 Å². The van der Waals surface area contributed by atoms with E-state index in [1.54, 1.807) is 12.5 Å². The van der Waals surface area contributed by atoms with Crippen molar-refractivity contribution in [1.29, 1.82) is 0 Å². The molecule has 2 N–H and O–H groups in total. The van der Waals surface area contributed by atoms with Gasteiger partial charge in [0.05, 0.1) is 18.6 Å². The van der Waals surface area contributed by atoms with Gasteiger partial charge in [-0.05, 0) is 17.5 Å². The SMILES string of the molecule is c1cc(NCc2cnc[nH]2)c2cnccc2c1. The second-order valence-electron chi connectivity index (χ2n) is 3.83. The van der Waals surface area contributed by atoms with Gasteiger partial charge in [-0.3, -0.25) is 4.98 Å². The first-order valence-electron chi connectivity index (χ1n) is 5.47. The second kappa shape index (κ2) is 4.25. The Morgan fingerprint density at radius 3 is 3.00 bits per heavy atom. The highest BCUT2D eigenvalue weighted by atomic mass is 14.9. The molecule has 0 spiro atoms. The smallest absolute Gasteiger partial charge is 0.0922 e. The molecule has 84 valence electrons. The van der Waals surface area contributed by atoms with Crippen molar-refractivity contribution in [3.63, 3.8) is 0 Å². The van der Waals surface area contributed by atoms with Crippen molar-refractivity contribution in [2.75, 3.05) is 5.32 Å². The Labute approximate surface area is 98.7 Å². The fourth-order valence-electron chi connectivity index (χ4n) is 1.84. The van der Waals surface area contributed by atoms with Gasteiger partial charge in [0.25, 0.3) is 0 Å². The number of nitrogens with zero attached hydrogens (tertiary/aromatic N) is 2. The van der Waals surface area contributed by atoms with Crippen LogP contribution in [0.3, 0.4) is 0 Å². The quantitative estimate of drug-likeness (QED) is 0.719. The second-order valence-corrected chi connectivity index (χ2v) is 3.83. The molecule has 0 saturated heterocycles. The summed E-state index contributed by atoms with van der Waals surface area (Å²) in [7, 11) is 0. The minimum absolute atomic E-state index is 0.730. The number of hydrogen-bond donors (Lipinski definition) is 2. The molecule has 0 amide bonds. The molecular weight excluding hydrogens is 212 g/mol. The number of pyridine rings is 1. The van der Waals surface area contributed by atoms with Crippen LogP contribution in [0, 0.1) is 0 Å². The minimum Gasteiger partial charge on any atom is -0.379 e. The maximum absolute atomic E-state index is 4.16. The summed E-state index contributed by atoms with van der Waals surface area (Å²) in [6, 6.07) is 8.19. The van der Waals surface area contributed by atoms with Crippen LogP contribution in [0.2, 0.25) is 0 Å². The fourth-order valence-corrected chi connectivity index (χ4v) is 1.84. The van der Waals surface area contributed by atoms with Crippen molar-refractivity contribution in [2.45, 2.75) is 6.54 Å². The number of fused-ring (bicyclic) bond motifs is 1. The van der Waals surface area contributed by atoms with Gasteiger partial charge >= 0.3 is 0 Å². The van der Waals surface area contributed by atoms with E-state index in [2.05, 4.69) is 32.4 Å². The Morgan fingerprint density at radius 2 is 2.12 bits per heavy atom. The number of hydrogen-bond acceptors (Lipinski definition) is 3. The number of nitrogens with one attached hydrogen (secondary N) is 2. The lowest BCUT2D eigenvalue weighted by atomic mass is 10.1. The lowest BCUT2D eigenvalue weighted by molar-refractivity contribution is 1.08. The first kappa shape index (κ1) is 9.84. The van der Waals surface area contributed by atoms with E-state index in [-0.39, 0.29) is 0 Å². The van der Waals surface area contributed by atoms with E-state index >= 15 is 0 Å². The van der Waals surface area contributed by atoms with E-state index in [4.69, 9.17) is 0 Å². The molecule has 0 aliphatic heterocycles. The molecule has 2 aromatic heterocycles. The molecule has 4 nitrogen and oxygen atoms in total. The van der Waals surface area contributed by atoms with Gasteiger partial charge in [-0.2, -0.15) is 0 Å². The van der Waals surface area contributed by atoms with Gasteiger partial charge in [0.2, 0.25) is 0 Å². The molecule has 0 radical (unpaired) electrons. The maximum atomic E-state index is 4.16. The van der Waals surface area contributed by atoms with Crippen molar-refractivity contribution >= 4 is 16.5 Å². The highest BCUT2D eigenvalue weighted by Crippen LogP contribution is 2.22. The Balaban J connectivity index is 1.90. The third kappa shape index (κ3) is 1.97. The van der Waals surface area contributed by atoms with Crippen molar-refractivity contribution in [1.82, 2.24) is 15.0 Å². The summed E-state index contributed by atoms with van der Waals surface area (Å²) >= 11 is 0. The van der Waals surface area contributed by atoms with E-state index in [1.165, 1.54) is 5.39 Å². The number of aromatic amines is 1. The molecule has 0 bridgehead atoms. The molecule has 0 saturated carbocycles. The number of imidazole rings is 1. The largest absolute Gasteiger partial charge is 0.379 e. The van der Waals surface area contributed by atoms with E-state index < -0.39 is 0 Å². The molecule has 0 aliphatic carbocycles. The van der Waals surface area contributed by atoms with Crippen molar-refractivity contribution in [3.8, 4) is 0 Å². The maximum Gasteiger partial charge on any atom is 0.0922 e. The number of anilines is 1. The van der Waals surface area contributed by atoms with Gasteiger partial charge in [-0.25, -0.2) is 4.98 Å². The van der Waals surface area contributed by atoms with E-state index in [0.29, 0.717) is 0 Å². The van der Waals surface area contributed by atoms with Crippen LogP contribution in [-0.4, -0.2) is 15.0 Å². The normalized spacial score (nSPS) is 10.6. The van der Waals surface area contributed by atoms with Gasteiger partial charge in [0, 0.05) is 29.7 Å². The Hall–Kier alpha value is -2.36. The van der Waals surface area contributed by atoms with Gasteiger partial charge < -0.3 is 10.3 Å². The van der Waals surface area contributed by atoms with Crippen LogP contribution in [-0.2, 0) is 6.54 Å². The summed E-state index contributed by atoms with van der Waals surface area (Å²) in [5, 5.41) is 5.70. The van der Waals surface area contributed by atoms with Crippen LogP contribution in [0.15, 0.2) is 49.2 Å². The number of H-pyrrole nitrogens is 1.